The quantitative estimate of drug-likeness (QED) is 0.840. The summed E-state index contributed by atoms with van der Waals surface area (Å²) in [6.07, 6.45) is -0.461. The third-order valence-corrected chi connectivity index (χ3v) is 3.54. The van der Waals surface area contributed by atoms with Crippen LogP contribution in [0.3, 0.4) is 0 Å². The zero-order chi connectivity index (χ0) is 15.6. The predicted molar refractivity (Wildman–Crippen MR) is 71.5 cm³/mol. The highest BCUT2D eigenvalue weighted by molar-refractivity contribution is 5.90. The molecule has 1 aromatic heterocycles. The van der Waals surface area contributed by atoms with E-state index < -0.39 is 41.6 Å². The number of halogens is 1. The highest BCUT2D eigenvalue weighted by atomic mass is 19.1. The average molecular weight is 299 g/mol. The molecule has 21 heavy (non-hydrogen) atoms. The van der Waals surface area contributed by atoms with Crippen molar-refractivity contribution in [3.63, 3.8) is 0 Å². The van der Waals surface area contributed by atoms with Crippen molar-refractivity contribution in [3.05, 3.63) is 28.4 Å². The topological polar surface area (TPSA) is 96.4 Å². The summed E-state index contributed by atoms with van der Waals surface area (Å²) >= 11 is 0. The third-order valence-electron chi connectivity index (χ3n) is 3.54. The van der Waals surface area contributed by atoms with Crippen LogP contribution in [0, 0.1) is 5.92 Å². The Morgan fingerprint density at radius 1 is 1.62 bits per heavy atom. The molecule has 1 aliphatic heterocycles. The minimum Gasteiger partial charge on any atom is -0.379 e. The van der Waals surface area contributed by atoms with E-state index in [4.69, 9.17) is 15.2 Å². The molecule has 0 bridgehead atoms. The van der Waals surface area contributed by atoms with E-state index in [1.54, 1.807) is 6.92 Å². The maximum Gasteiger partial charge on any atom is 0.284 e. The number of nitrogens with zero attached hydrogens (tertiary/aromatic N) is 2. The number of hydrogen-bond acceptors (Lipinski definition) is 5. The van der Waals surface area contributed by atoms with Crippen LogP contribution in [-0.4, -0.2) is 40.9 Å². The van der Waals surface area contributed by atoms with Crippen LogP contribution in [-0.2, 0) is 9.47 Å². The maximum absolute atomic E-state index is 14.4. The fourth-order valence-corrected chi connectivity index (χ4v) is 2.28. The van der Waals surface area contributed by atoms with Crippen molar-refractivity contribution in [3.8, 4) is 0 Å². The summed E-state index contributed by atoms with van der Waals surface area (Å²) in [6, 6.07) is 0. The van der Waals surface area contributed by atoms with E-state index in [0.29, 0.717) is 6.61 Å². The van der Waals surface area contributed by atoms with E-state index in [1.807, 2.05) is 6.92 Å². The first-order valence-corrected chi connectivity index (χ1v) is 6.71. The van der Waals surface area contributed by atoms with Gasteiger partial charge in [0.2, 0.25) is 0 Å². The first kappa shape index (κ1) is 15.6. The van der Waals surface area contributed by atoms with Gasteiger partial charge in [-0.25, -0.2) is 9.37 Å². The molecule has 4 atom stereocenters. The van der Waals surface area contributed by atoms with Gasteiger partial charge in [-0.3, -0.25) is 14.2 Å². The summed E-state index contributed by atoms with van der Waals surface area (Å²) in [5, 5.41) is 0. The van der Waals surface area contributed by atoms with Crippen LogP contribution >= 0.6 is 0 Å². The summed E-state index contributed by atoms with van der Waals surface area (Å²) in [5.74, 6) is -1.39. The number of amides is 1. The molecule has 2 heterocycles. The molecule has 2 N–H and O–H groups in total. The molecule has 8 heteroatoms. The van der Waals surface area contributed by atoms with Crippen molar-refractivity contribution in [2.24, 2.45) is 11.7 Å². The van der Waals surface area contributed by atoms with Gasteiger partial charge in [0.1, 0.15) is 0 Å². The van der Waals surface area contributed by atoms with Gasteiger partial charge in [-0.15, -0.1) is 0 Å². The highest BCUT2D eigenvalue weighted by Gasteiger charge is 2.43. The van der Waals surface area contributed by atoms with Crippen LogP contribution in [0.5, 0.6) is 0 Å². The van der Waals surface area contributed by atoms with Gasteiger partial charge >= 0.3 is 0 Å². The van der Waals surface area contributed by atoms with Crippen LogP contribution < -0.4 is 11.3 Å². The summed E-state index contributed by atoms with van der Waals surface area (Å²) in [5.41, 5.74) is 3.87. The van der Waals surface area contributed by atoms with Crippen molar-refractivity contribution >= 4 is 5.91 Å². The van der Waals surface area contributed by atoms with E-state index in [2.05, 4.69) is 4.98 Å². The first-order chi connectivity index (χ1) is 9.97. The molecule has 0 unspecified atom stereocenters. The van der Waals surface area contributed by atoms with Gasteiger partial charge in [0.15, 0.2) is 18.1 Å². The zero-order valence-corrected chi connectivity index (χ0v) is 11.9. The van der Waals surface area contributed by atoms with Crippen LogP contribution in [0.4, 0.5) is 4.39 Å². The van der Waals surface area contributed by atoms with Crippen LogP contribution in [0.15, 0.2) is 17.2 Å². The lowest BCUT2D eigenvalue weighted by molar-refractivity contribution is -0.0549. The molecule has 1 aliphatic rings. The summed E-state index contributed by atoms with van der Waals surface area (Å²) in [7, 11) is 0. The summed E-state index contributed by atoms with van der Waals surface area (Å²) in [6.45, 7) is 4.26. The van der Waals surface area contributed by atoms with Crippen molar-refractivity contribution in [2.75, 3.05) is 13.2 Å². The Morgan fingerprint density at radius 2 is 2.33 bits per heavy atom. The number of carbonyl (C=O) groups excluding carboxylic acids is 1. The Labute approximate surface area is 120 Å². The van der Waals surface area contributed by atoms with Gasteiger partial charge in [0.05, 0.1) is 12.7 Å². The molecule has 116 valence electrons. The molecular weight excluding hydrogens is 281 g/mol. The van der Waals surface area contributed by atoms with E-state index in [-0.39, 0.29) is 6.61 Å². The third kappa shape index (κ3) is 2.96. The molecule has 1 saturated heterocycles. The number of rotatable bonds is 5. The Bertz CT molecular complexity index is 577. The van der Waals surface area contributed by atoms with E-state index in [9.17, 15) is 14.0 Å². The number of alkyl halides is 1. The summed E-state index contributed by atoms with van der Waals surface area (Å²) < 4.78 is 26.2. The second-order valence-electron chi connectivity index (χ2n) is 4.88. The van der Waals surface area contributed by atoms with Gasteiger partial charge in [-0.05, 0) is 6.92 Å². The lowest BCUT2D eigenvalue weighted by atomic mass is 10.0. The second-order valence-corrected chi connectivity index (χ2v) is 4.88. The largest absolute Gasteiger partial charge is 0.379 e. The Morgan fingerprint density at radius 3 is 2.95 bits per heavy atom. The minimum atomic E-state index is -1.39. The molecule has 0 aliphatic carbocycles. The molecular formula is C13H18FN3O4. The maximum atomic E-state index is 14.4. The normalized spacial score (nSPS) is 28.7. The van der Waals surface area contributed by atoms with Crippen molar-refractivity contribution in [2.45, 2.75) is 32.4 Å². The van der Waals surface area contributed by atoms with Gasteiger partial charge < -0.3 is 15.2 Å². The SMILES string of the molecule is CCOC[C@H]1O[C@@H](n2ccnc(C(N)=O)c2=O)[C@@H](F)[C@H]1C. The van der Waals surface area contributed by atoms with Crippen LogP contribution in [0.1, 0.15) is 30.6 Å². The molecule has 7 nitrogen and oxygen atoms in total. The fourth-order valence-electron chi connectivity index (χ4n) is 2.28. The van der Waals surface area contributed by atoms with E-state index in [0.717, 1.165) is 4.57 Å². The van der Waals surface area contributed by atoms with E-state index in [1.165, 1.54) is 12.4 Å². The molecule has 2 rings (SSSR count). The van der Waals surface area contributed by atoms with Crippen molar-refractivity contribution < 1.29 is 18.7 Å². The van der Waals surface area contributed by atoms with Gasteiger partial charge in [-0.1, -0.05) is 6.92 Å². The molecule has 1 fully saturated rings. The molecule has 1 amide bonds. The molecule has 0 radical (unpaired) electrons. The van der Waals surface area contributed by atoms with Crippen LogP contribution in [0.25, 0.3) is 0 Å². The number of aromatic nitrogens is 2. The smallest absolute Gasteiger partial charge is 0.284 e. The molecule has 0 aromatic carbocycles. The molecule has 0 saturated carbocycles. The number of hydrogen-bond donors (Lipinski definition) is 1. The molecule has 1 aromatic rings. The minimum absolute atomic E-state index is 0.247. The van der Waals surface area contributed by atoms with Crippen LogP contribution in [0.2, 0.25) is 0 Å². The number of primary amides is 1. The van der Waals surface area contributed by atoms with Crippen molar-refractivity contribution in [1.29, 1.82) is 0 Å². The zero-order valence-electron chi connectivity index (χ0n) is 11.9. The Hall–Kier alpha value is -1.80. The lowest BCUT2D eigenvalue weighted by Crippen LogP contribution is -2.35. The average Bonchev–Trinajstić information content (AvgIpc) is 2.73. The van der Waals surface area contributed by atoms with E-state index >= 15 is 0 Å². The monoisotopic (exact) mass is 299 g/mol. The van der Waals surface area contributed by atoms with Gasteiger partial charge in [0.25, 0.3) is 11.5 Å². The first-order valence-electron chi connectivity index (χ1n) is 6.71. The number of nitrogens with two attached hydrogens (primary N) is 1. The molecule has 0 spiro atoms. The van der Waals surface area contributed by atoms with Crippen molar-refractivity contribution in [1.82, 2.24) is 9.55 Å². The second kappa shape index (κ2) is 6.31. The standard InChI is InChI=1S/C13H18FN3O4/c1-3-20-6-8-7(2)9(14)13(21-8)17-5-4-16-10(11(15)18)12(17)19/h4-5,7-9,13H,3,6H2,1-2H3,(H2,15,18)/t7-,8+,9-,13+/m0/s1. The van der Waals surface area contributed by atoms with Gasteiger partial charge in [0, 0.05) is 24.9 Å². The number of carbonyl (C=O) groups is 1. The lowest BCUT2D eigenvalue weighted by Gasteiger charge is -2.17. The Balaban J connectivity index is 2.29. The van der Waals surface area contributed by atoms with Gasteiger partial charge in [-0.2, -0.15) is 0 Å². The Kier molecular flexibility index (Phi) is 4.69. The summed E-state index contributed by atoms with van der Waals surface area (Å²) in [4.78, 5) is 26.8. The number of ether oxygens (including phenoxy) is 2. The highest BCUT2D eigenvalue weighted by Crippen LogP contribution is 2.35. The fraction of sp³-hybridized carbons (Fsp3) is 0.615. The predicted octanol–water partition coefficient (Wildman–Crippen LogP) is 0.250.